The summed E-state index contributed by atoms with van der Waals surface area (Å²) in [7, 11) is 0. The lowest BCUT2D eigenvalue weighted by atomic mass is 10.2. The van der Waals surface area contributed by atoms with E-state index in [1.54, 1.807) is 11.8 Å². The second-order valence-electron chi connectivity index (χ2n) is 2.47. The molecule has 3 nitrogen and oxygen atoms in total. The van der Waals surface area contributed by atoms with Crippen molar-refractivity contribution in [2.45, 2.75) is 17.9 Å². The van der Waals surface area contributed by atoms with Crippen LogP contribution in [-0.2, 0) is 6.42 Å². The third-order valence-corrected chi connectivity index (χ3v) is 2.84. The van der Waals surface area contributed by atoms with Crippen molar-refractivity contribution in [3.63, 3.8) is 0 Å². The third kappa shape index (κ3) is 1.18. The smallest absolute Gasteiger partial charge is 0.255 e. The van der Waals surface area contributed by atoms with E-state index >= 15 is 0 Å². The highest BCUT2D eigenvalue weighted by atomic mass is 32.2. The van der Waals surface area contributed by atoms with E-state index < -0.39 is 0 Å². The van der Waals surface area contributed by atoms with Crippen LogP contribution in [0.5, 0.6) is 0 Å². The van der Waals surface area contributed by atoms with E-state index in [4.69, 9.17) is 0 Å². The topological polar surface area (TPSA) is 45.8 Å². The van der Waals surface area contributed by atoms with Crippen LogP contribution in [0.25, 0.3) is 0 Å². The Morgan fingerprint density at radius 3 is 3.36 bits per heavy atom. The lowest BCUT2D eigenvalue weighted by Crippen LogP contribution is -2.17. The van der Waals surface area contributed by atoms with Gasteiger partial charge in [0.2, 0.25) is 0 Å². The van der Waals surface area contributed by atoms with E-state index in [0.29, 0.717) is 0 Å². The molecule has 0 amide bonds. The lowest BCUT2D eigenvalue weighted by Gasteiger charge is -2.10. The number of thioether (sulfide) groups is 1. The van der Waals surface area contributed by atoms with Crippen LogP contribution in [-0.4, -0.2) is 15.7 Å². The van der Waals surface area contributed by atoms with Gasteiger partial charge in [0.1, 0.15) is 5.03 Å². The van der Waals surface area contributed by atoms with Gasteiger partial charge in [0.05, 0.1) is 6.33 Å². The van der Waals surface area contributed by atoms with Crippen LogP contribution in [0.1, 0.15) is 12.0 Å². The molecule has 11 heavy (non-hydrogen) atoms. The second-order valence-corrected chi connectivity index (χ2v) is 3.55. The van der Waals surface area contributed by atoms with Crippen molar-refractivity contribution in [2.24, 2.45) is 0 Å². The van der Waals surface area contributed by atoms with Gasteiger partial charge in [-0.1, -0.05) is 0 Å². The summed E-state index contributed by atoms with van der Waals surface area (Å²) in [6.07, 6.45) is 3.44. The molecule has 0 saturated carbocycles. The number of H-pyrrole nitrogens is 1. The third-order valence-electron chi connectivity index (χ3n) is 1.72. The van der Waals surface area contributed by atoms with E-state index in [0.717, 1.165) is 29.2 Å². The number of aromatic amines is 1. The minimum Gasteiger partial charge on any atom is -0.313 e. The highest BCUT2D eigenvalue weighted by Crippen LogP contribution is 2.24. The van der Waals surface area contributed by atoms with E-state index in [1.807, 2.05) is 0 Å². The van der Waals surface area contributed by atoms with Gasteiger partial charge in [0.25, 0.3) is 5.56 Å². The number of hydrogen-bond donors (Lipinski definition) is 1. The Labute approximate surface area is 68.2 Å². The van der Waals surface area contributed by atoms with Gasteiger partial charge in [0, 0.05) is 5.56 Å². The zero-order chi connectivity index (χ0) is 7.68. The molecular weight excluding hydrogens is 160 g/mol. The fourth-order valence-electron chi connectivity index (χ4n) is 1.17. The minimum atomic E-state index is 0.0298. The number of hydrogen-bond acceptors (Lipinski definition) is 3. The van der Waals surface area contributed by atoms with Gasteiger partial charge in [0.15, 0.2) is 0 Å². The van der Waals surface area contributed by atoms with Crippen molar-refractivity contribution in [3.05, 3.63) is 22.2 Å². The molecule has 0 fully saturated rings. The number of nitrogens with zero attached hydrogens (tertiary/aromatic N) is 1. The second kappa shape index (κ2) is 2.70. The maximum Gasteiger partial charge on any atom is 0.255 e. The predicted octanol–water partition coefficient (Wildman–Crippen LogP) is 0.808. The molecule has 1 aromatic rings. The molecule has 0 saturated heterocycles. The maximum atomic E-state index is 11.2. The van der Waals surface area contributed by atoms with E-state index in [9.17, 15) is 4.79 Å². The van der Waals surface area contributed by atoms with Crippen molar-refractivity contribution in [1.29, 1.82) is 0 Å². The molecule has 1 aliphatic rings. The highest BCUT2D eigenvalue weighted by molar-refractivity contribution is 7.99. The normalized spacial score (nSPS) is 16.0. The Morgan fingerprint density at radius 1 is 1.64 bits per heavy atom. The average Bonchev–Trinajstić information content (AvgIpc) is 2.06. The summed E-state index contributed by atoms with van der Waals surface area (Å²) in [6.45, 7) is 0. The SMILES string of the molecule is O=c1[nH]cnc2c1CCCS2. The highest BCUT2D eigenvalue weighted by Gasteiger charge is 2.12. The van der Waals surface area contributed by atoms with Crippen molar-refractivity contribution < 1.29 is 0 Å². The first-order valence-electron chi connectivity index (χ1n) is 3.57. The molecule has 0 radical (unpaired) electrons. The summed E-state index contributed by atoms with van der Waals surface area (Å²) in [4.78, 5) is 17.8. The van der Waals surface area contributed by atoms with E-state index in [-0.39, 0.29) is 5.56 Å². The molecule has 0 bridgehead atoms. The fraction of sp³-hybridized carbons (Fsp3) is 0.429. The van der Waals surface area contributed by atoms with Crippen LogP contribution in [0, 0.1) is 0 Å². The van der Waals surface area contributed by atoms with Crippen LogP contribution in [0.15, 0.2) is 16.1 Å². The van der Waals surface area contributed by atoms with Crippen LogP contribution >= 0.6 is 11.8 Å². The van der Waals surface area contributed by atoms with Crippen molar-refractivity contribution in [1.82, 2.24) is 9.97 Å². The monoisotopic (exact) mass is 168 g/mol. The summed E-state index contributed by atoms with van der Waals surface area (Å²) < 4.78 is 0. The largest absolute Gasteiger partial charge is 0.313 e. The molecule has 58 valence electrons. The molecule has 1 aliphatic heterocycles. The summed E-state index contributed by atoms with van der Waals surface area (Å²) in [5.74, 6) is 1.09. The van der Waals surface area contributed by atoms with Gasteiger partial charge in [-0.3, -0.25) is 4.79 Å². The van der Waals surface area contributed by atoms with Crippen LogP contribution < -0.4 is 5.56 Å². The summed E-state index contributed by atoms with van der Waals surface area (Å²) in [5, 5.41) is 0.917. The Kier molecular flexibility index (Phi) is 1.69. The molecule has 1 N–H and O–H groups in total. The van der Waals surface area contributed by atoms with Gasteiger partial charge in [-0.15, -0.1) is 11.8 Å². The molecule has 0 unspecified atom stereocenters. The van der Waals surface area contributed by atoms with Gasteiger partial charge < -0.3 is 4.98 Å². The molecule has 4 heteroatoms. The van der Waals surface area contributed by atoms with Crippen molar-refractivity contribution in [2.75, 3.05) is 5.75 Å². The van der Waals surface area contributed by atoms with Crippen LogP contribution in [0.2, 0.25) is 0 Å². The zero-order valence-electron chi connectivity index (χ0n) is 5.96. The van der Waals surface area contributed by atoms with Gasteiger partial charge in [-0.05, 0) is 18.6 Å². The Hall–Kier alpha value is -0.770. The molecule has 0 aliphatic carbocycles. The summed E-state index contributed by atoms with van der Waals surface area (Å²) in [6, 6.07) is 0. The standard InChI is InChI=1S/C7H8N2OS/c10-6-5-2-1-3-11-7(5)9-4-8-6/h4H,1-3H2,(H,8,9,10). The van der Waals surface area contributed by atoms with Crippen molar-refractivity contribution in [3.8, 4) is 0 Å². The first kappa shape index (κ1) is 6.91. The number of fused-ring (bicyclic) bond motifs is 1. The fourth-order valence-corrected chi connectivity index (χ4v) is 2.15. The number of aromatic nitrogens is 2. The van der Waals surface area contributed by atoms with E-state index in [1.165, 1.54) is 6.33 Å². The molecule has 2 heterocycles. The summed E-state index contributed by atoms with van der Waals surface area (Å²) in [5.41, 5.74) is 0.894. The quantitative estimate of drug-likeness (QED) is 0.583. The number of nitrogens with one attached hydrogen (secondary N) is 1. The Balaban J connectivity index is 2.58. The van der Waals surface area contributed by atoms with E-state index in [2.05, 4.69) is 9.97 Å². The first-order chi connectivity index (χ1) is 5.38. The van der Waals surface area contributed by atoms with Gasteiger partial charge in [-0.25, -0.2) is 4.98 Å². The minimum absolute atomic E-state index is 0.0298. The van der Waals surface area contributed by atoms with Crippen LogP contribution in [0.4, 0.5) is 0 Å². The predicted molar refractivity (Wildman–Crippen MR) is 43.9 cm³/mol. The molecule has 0 spiro atoms. The van der Waals surface area contributed by atoms with Gasteiger partial charge in [-0.2, -0.15) is 0 Å². The lowest BCUT2D eigenvalue weighted by molar-refractivity contribution is 0.820. The Bertz CT molecular complexity index is 320. The van der Waals surface area contributed by atoms with Crippen molar-refractivity contribution >= 4 is 11.8 Å². The first-order valence-corrected chi connectivity index (χ1v) is 4.56. The maximum absolute atomic E-state index is 11.2. The number of rotatable bonds is 0. The molecular formula is C7H8N2OS. The summed E-state index contributed by atoms with van der Waals surface area (Å²) >= 11 is 1.67. The zero-order valence-corrected chi connectivity index (χ0v) is 6.78. The molecule has 0 atom stereocenters. The average molecular weight is 168 g/mol. The molecule has 2 rings (SSSR count). The van der Waals surface area contributed by atoms with Gasteiger partial charge >= 0.3 is 0 Å². The molecule has 0 aromatic carbocycles. The Morgan fingerprint density at radius 2 is 2.55 bits per heavy atom. The van der Waals surface area contributed by atoms with Crippen LogP contribution in [0.3, 0.4) is 0 Å². The molecule has 1 aromatic heterocycles.